The number of aromatic nitrogens is 1. The summed E-state index contributed by atoms with van der Waals surface area (Å²) in [7, 11) is 1.77. The van der Waals surface area contributed by atoms with Gasteiger partial charge in [-0.1, -0.05) is 24.3 Å². The highest BCUT2D eigenvalue weighted by Crippen LogP contribution is 2.24. The van der Waals surface area contributed by atoms with Gasteiger partial charge in [-0.25, -0.2) is 0 Å². The standard InChI is InChI=1S/C19H22N4O/c1-14-16-8-3-4-9-17(16)24-18(14)13-23-19(20-2)22-12-10-15-7-5-6-11-21-15/h3-9,11H,10,12-13H2,1-2H3,(H2,20,22,23). The molecule has 3 aromatic rings. The normalized spacial score (nSPS) is 11.7. The van der Waals surface area contributed by atoms with Crippen LogP contribution < -0.4 is 10.6 Å². The Kier molecular flexibility index (Phi) is 5.11. The number of benzene rings is 1. The summed E-state index contributed by atoms with van der Waals surface area (Å²) < 4.78 is 5.91. The topological polar surface area (TPSA) is 62.5 Å². The van der Waals surface area contributed by atoms with E-state index in [1.807, 2.05) is 42.6 Å². The van der Waals surface area contributed by atoms with Gasteiger partial charge in [-0.05, 0) is 25.1 Å². The van der Waals surface area contributed by atoms with E-state index in [0.717, 1.165) is 41.3 Å². The third-order valence-corrected chi connectivity index (χ3v) is 3.98. The fourth-order valence-corrected chi connectivity index (χ4v) is 2.63. The summed E-state index contributed by atoms with van der Waals surface area (Å²) in [5.41, 5.74) is 3.15. The maximum absolute atomic E-state index is 5.91. The predicted octanol–water partition coefficient (Wildman–Crippen LogP) is 3.04. The van der Waals surface area contributed by atoms with E-state index in [1.165, 1.54) is 5.56 Å². The lowest BCUT2D eigenvalue weighted by Crippen LogP contribution is -2.37. The zero-order chi connectivity index (χ0) is 16.8. The summed E-state index contributed by atoms with van der Waals surface area (Å²) in [6.45, 7) is 3.46. The molecule has 0 saturated carbocycles. The van der Waals surface area contributed by atoms with E-state index < -0.39 is 0 Å². The second-order valence-electron chi connectivity index (χ2n) is 5.57. The quantitative estimate of drug-likeness (QED) is 0.560. The number of aliphatic imine (C=N–C) groups is 1. The number of guanidine groups is 1. The molecule has 3 rings (SSSR count). The molecule has 2 aromatic heterocycles. The van der Waals surface area contributed by atoms with Crippen LogP contribution in [0.25, 0.3) is 11.0 Å². The lowest BCUT2D eigenvalue weighted by atomic mass is 10.1. The maximum atomic E-state index is 5.91. The Morgan fingerprint density at radius 3 is 2.71 bits per heavy atom. The number of nitrogens with one attached hydrogen (secondary N) is 2. The van der Waals surface area contributed by atoms with E-state index in [-0.39, 0.29) is 0 Å². The second-order valence-corrected chi connectivity index (χ2v) is 5.57. The number of hydrogen-bond donors (Lipinski definition) is 2. The maximum Gasteiger partial charge on any atom is 0.191 e. The first-order valence-corrected chi connectivity index (χ1v) is 8.09. The van der Waals surface area contributed by atoms with Crippen LogP contribution in [0.4, 0.5) is 0 Å². The van der Waals surface area contributed by atoms with Crippen LogP contribution in [0.2, 0.25) is 0 Å². The molecule has 0 fully saturated rings. The van der Waals surface area contributed by atoms with E-state index in [9.17, 15) is 0 Å². The van der Waals surface area contributed by atoms with Crippen molar-refractivity contribution < 1.29 is 4.42 Å². The summed E-state index contributed by atoms with van der Waals surface area (Å²) in [5.74, 6) is 1.69. The van der Waals surface area contributed by atoms with Crippen LogP contribution in [0.3, 0.4) is 0 Å². The lowest BCUT2D eigenvalue weighted by Gasteiger charge is -2.11. The first-order chi connectivity index (χ1) is 11.8. The van der Waals surface area contributed by atoms with Gasteiger partial charge in [0, 0.05) is 42.9 Å². The van der Waals surface area contributed by atoms with Crippen molar-refractivity contribution in [3.05, 3.63) is 65.7 Å². The molecule has 0 radical (unpaired) electrons. The summed E-state index contributed by atoms with van der Waals surface area (Å²) in [5, 5.41) is 7.76. The minimum absolute atomic E-state index is 0.601. The predicted molar refractivity (Wildman–Crippen MR) is 97.1 cm³/mol. The van der Waals surface area contributed by atoms with E-state index in [0.29, 0.717) is 6.54 Å². The zero-order valence-corrected chi connectivity index (χ0v) is 14.0. The van der Waals surface area contributed by atoms with E-state index >= 15 is 0 Å². The first kappa shape index (κ1) is 16.1. The van der Waals surface area contributed by atoms with Crippen LogP contribution in [-0.4, -0.2) is 24.5 Å². The Morgan fingerprint density at radius 2 is 1.96 bits per heavy atom. The van der Waals surface area contributed by atoms with Crippen LogP contribution in [0.1, 0.15) is 17.0 Å². The summed E-state index contributed by atoms with van der Waals surface area (Å²) in [6.07, 6.45) is 2.66. The van der Waals surface area contributed by atoms with Crippen LogP contribution in [-0.2, 0) is 13.0 Å². The van der Waals surface area contributed by atoms with Crippen molar-refractivity contribution in [2.75, 3.05) is 13.6 Å². The van der Waals surface area contributed by atoms with Crippen LogP contribution >= 0.6 is 0 Å². The highest BCUT2D eigenvalue weighted by molar-refractivity contribution is 5.82. The highest BCUT2D eigenvalue weighted by atomic mass is 16.3. The Morgan fingerprint density at radius 1 is 1.12 bits per heavy atom. The number of rotatable bonds is 5. The number of fused-ring (bicyclic) bond motifs is 1. The Labute approximate surface area is 141 Å². The fourth-order valence-electron chi connectivity index (χ4n) is 2.63. The van der Waals surface area contributed by atoms with Crippen LogP contribution in [0.5, 0.6) is 0 Å². The zero-order valence-electron chi connectivity index (χ0n) is 14.0. The van der Waals surface area contributed by atoms with E-state index in [4.69, 9.17) is 4.42 Å². The number of hydrogen-bond acceptors (Lipinski definition) is 3. The molecular formula is C19H22N4O. The van der Waals surface area contributed by atoms with Crippen molar-refractivity contribution in [1.29, 1.82) is 0 Å². The fraction of sp³-hybridized carbons (Fsp3) is 0.263. The molecule has 0 unspecified atom stereocenters. The SMILES string of the molecule is CN=C(NCCc1ccccn1)NCc1oc2ccccc2c1C. The van der Waals surface area contributed by atoms with Gasteiger partial charge in [0.1, 0.15) is 11.3 Å². The molecule has 0 aliphatic carbocycles. The molecule has 2 heterocycles. The van der Waals surface area contributed by atoms with E-state index in [1.54, 1.807) is 7.05 Å². The molecule has 1 aromatic carbocycles. The van der Waals surface area contributed by atoms with Gasteiger partial charge in [-0.15, -0.1) is 0 Å². The summed E-state index contributed by atoms with van der Waals surface area (Å²) >= 11 is 0. The third kappa shape index (κ3) is 3.74. The molecule has 5 heteroatoms. The molecule has 2 N–H and O–H groups in total. The smallest absolute Gasteiger partial charge is 0.191 e. The van der Waals surface area contributed by atoms with Gasteiger partial charge in [0.15, 0.2) is 5.96 Å². The van der Waals surface area contributed by atoms with Crippen molar-refractivity contribution in [3.63, 3.8) is 0 Å². The molecule has 0 amide bonds. The molecule has 0 bridgehead atoms. The Hall–Kier alpha value is -2.82. The molecule has 0 spiro atoms. The van der Waals surface area contributed by atoms with Gasteiger partial charge in [0.25, 0.3) is 0 Å². The molecule has 0 aliphatic heterocycles. The number of aryl methyl sites for hydroxylation is 1. The molecule has 0 saturated heterocycles. The van der Waals surface area contributed by atoms with Gasteiger partial charge < -0.3 is 15.1 Å². The van der Waals surface area contributed by atoms with Gasteiger partial charge in [0.05, 0.1) is 6.54 Å². The van der Waals surface area contributed by atoms with Crippen LogP contribution in [0, 0.1) is 6.92 Å². The third-order valence-electron chi connectivity index (χ3n) is 3.98. The summed E-state index contributed by atoms with van der Waals surface area (Å²) in [4.78, 5) is 8.57. The molecule has 124 valence electrons. The van der Waals surface area contributed by atoms with Crippen molar-refractivity contribution in [1.82, 2.24) is 15.6 Å². The van der Waals surface area contributed by atoms with Gasteiger partial charge in [0.2, 0.25) is 0 Å². The first-order valence-electron chi connectivity index (χ1n) is 8.09. The van der Waals surface area contributed by atoms with Crippen molar-refractivity contribution in [3.8, 4) is 0 Å². The number of pyridine rings is 1. The minimum Gasteiger partial charge on any atom is -0.459 e. The summed E-state index contributed by atoms with van der Waals surface area (Å²) in [6, 6.07) is 14.0. The Balaban J connectivity index is 1.54. The monoisotopic (exact) mass is 322 g/mol. The van der Waals surface area contributed by atoms with Crippen molar-refractivity contribution in [2.45, 2.75) is 19.9 Å². The Bertz CT molecular complexity index is 824. The second kappa shape index (κ2) is 7.64. The average molecular weight is 322 g/mol. The van der Waals surface area contributed by atoms with Gasteiger partial charge in [-0.2, -0.15) is 0 Å². The average Bonchev–Trinajstić information content (AvgIpc) is 2.95. The molecule has 0 atom stereocenters. The highest BCUT2D eigenvalue weighted by Gasteiger charge is 2.10. The van der Waals surface area contributed by atoms with Crippen LogP contribution in [0.15, 0.2) is 58.1 Å². The minimum atomic E-state index is 0.601. The lowest BCUT2D eigenvalue weighted by molar-refractivity contribution is 0.534. The molecular weight excluding hydrogens is 300 g/mol. The molecule has 0 aliphatic rings. The van der Waals surface area contributed by atoms with Crippen molar-refractivity contribution in [2.24, 2.45) is 4.99 Å². The number of nitrogens with zero attached hydrogens (tertiary/aromatic N) is 2. The largest absolute Gasteiger partial charge is 0.459 e. The molecule has 5 nitrogen and oxygen atoms in total. The number of para-hydroxylation sites is 1. The van der Waals surface area contributed by atoms with Gasteiger partial charge >= 0.3 is 0 Å². The number of furan rings is 1. The van der Waals surface area contributed by atoms with E-state index in [2.05, 4.69) is 33.6 Å². The van der Waals surface area contributed by atoms with Crippen molar-refractivity contribution >= 4 is 16.9 Å². The van der Waals surface area contributed by atoms with Gasteiger partial charge in [-0.3, -0.25) is 9.98 Å². The molecule has 24 heavy (non-hydrogen) atoms.